The quantitative estimate of drug-likeness (QED) is 0.618. The molecule has 1 N–H and O–H groups in total. The van der Waals surface area contributed by atoms with E-state index in [1.54, 1.807) is 0 Å². The maximum absolute atomic E-state index is 12.4. The number of carbonyl (C=O) groups excluding carboxylic acids is 1. The van der Waals surface area contributed by atoms with E-state index in [0.717, 1.165) is 28.8 Å². The molecule has 0 spiro atoms. The molecular weight excluding hydrogens is 346 g/mol. The number of anilines is 1. The smallest absolute Gasteiger partial charge is 0.262 e. The summed E-state index contributed by atoms with van der Waals surface area (Å²) in [6.45, 7) is 10.4. The summed E-state index contributed by atoms with van der Waals surface area (Å²) in [6.07, 6.45) is 1.02. The predicted molar refractivity (Wildman–Crippen MR) is 110 cm³/mol. The van der Waals surface area contributed by atoms with Crippen molar-refractivity contribution in [2.24, 2.45) is 0 Å². The van der Waals surface area contributed by atoms with E-state index >= 15 is 0 Å². The average Bonchev–Trinajstić information content (AvgIpc) is 2.62. The van der Waals surface area contributed by atoms with E-state index in [0.29, 0.717) is 16.7 Å². The van der Waals surface area contributed by atoms with Crippen LogP contribution in [-0.2, 0) is 4.79 Å². The van der Waals surface area contributed by atoms with E-state index in [4.69, 9.17) is 16.3 Å². The van der Waals surface area contributed by atoms with Crippen LogP contribution in [0.25, 0.3) is 0 Å². The van der Waals surface area contributed by atoms with Crippen molar-refractivity contribution in [3.05, 3.63) is 58.1 Å². The number of nitrogens with one attached hydrogen (secondary N) is 1. The lowest BCUT2D eigenvalue weighted by molar-refractivity contribution is -0.118. The molecule has 2 rings (SSSR count). The molecule has 1 amide bonds. The average molecular weight is 374 g/mol. The number of rotatable bonds is 7. The third-order valence-corrected chi connectivity index (χ3v) is 5.06. The first-order chi connectivity index (χ1) is 12.3. The van der Waals surface area contributed by atoms with Crippen LogP contribution in [0.4, 0.5) is 5.69 Å². The van der Waals surface area contributed by atoms with Crippen molar-refractivity contribution in [3.8, 4) is 5.75 Å². The van der Waals surface area contributed by atoms with Crippen molar-refractivity contribution in [2.75, 3.05) is 11.9 Å². The fourth-order valence-corrected chi connectivity index (χ4v) is 3.01. The monoisotopic (exact) mass is 373 g/mol. The van der Waals surface area contributed by atoms with Crippen molar-refractivity contribution in [2.45, 2.75) is 52.9 Å². The number of para-hydroxylation sites is 1. The fourth-order valence-electron chi connectivity index (χ4n) is 2.84. The second-order valence-corrected chi connectivity index (χ2v) is 7.43. The minimum atomic E-state index is -0.164. The molecule has 0 aliphatic rings. The van der Waals surface area contributed by atoms with Crippen molar-refractivity contribution >= 4 is 23.2 Å². The van der Waals surface area contributed by atoms with E-state index in [1.165, 1.54) is 0 Å². The van der Waals surface area contributed by atoms with E-state index in [-0.39, 0.29) is 18.4 Å². The van der Waals surface area contributed by atoms with E-state index < -0.39 is 0 Å². The van der Waals surface area contributed by atoms with Gasteiger partial charge in [-0.05, 0) is 60.1 Å². The summed E-state index contributed by atoms with van der Waals surface area (Å²) < 4.78 is 5.82. The van der Waals surface area contributed by atoms with Crippen molar-refractivity contribution in [3.63, 3.8) is 0 Å². The Morgan fingerprint density at radius 1 is 1.15 bits per heavy atom. The van der Waals surface area contributed by atoms with E-state index in [9.17, 15) is 4.79 Å². The molecule has 0 heterocycles. The molecular formula is C22H28ClNO2. The van der Waals surface area contributed by atoms with Crippen molar-refractivity contribution in [1.82, 2.24) is 0 Å². The number of halogens is 1. The maximum Gasteiger partial charge on any atom is 0.262 e. The number of hydrogen-bond donors (Lipinski definition) is 1. The summed E-state index contributed by atoms with van der Waals surface area (Å²) in [7, 11) is 0. The first-order valence-electron chi connectivity index (χ1n) is 9.15. The number of ether oxygens (including phenoxy) is 1. The summed E-state index contributed by atoms with van der Waals surface area (Å²) in [4.78, 5) is 12.4. The molecule has 0 aliphatic carbocycles. The van der Waals surface area contributed by atoms with Crippen LogP contribution in [0.2, 0.25) is 5.02 Å². The highest BCUT2D eigenvalue weighted by Crippen LogP contribution is 2.32. The molecule has 3 nitrogen and oxygen atoms in total. The molecule has 1 atom stereocenters. The minimum absolute atomic E-state index is 0.0321. The van der Waals surface area contributed by atoms with Gasteiger partial charge in [0.2, 0.25) is 0 Å². The van der Waals surface area contributed by atoms with Gasteiger partial charge in [0, 0.05) is 10.7 Å². The molecule has 4 heteroatoms. The molecule has 2 aromatic rings. The zero-order valence-electron chi connectivity index (χ0n) is 16.2. The Balaban J connectivity index is 2.10. The van der Waals surface area contributed by atoms with E-state index in [1.807, 2.05) is 37.3 Å². The Labute approximate surface area is 161 Å². The van der Waals surface area contributed by atoms with Crippen LogP contribution < -0.4 is 10.1 Å². The van der Waals surface area contributed by atoms with Gasteiger partial charge in [0.1, 0.15) is 5.75 Å². The molecule has 0 saturated heterocycles. The number of carbonyl (C=O) groups is 1. The topological polar surface area (TPSA) is 38.3 Å². The van der Waals surface area contributed by atoms with Gasteiger partial charge in [0.05, 0.1) is 0 Å². The van der Waals surface area contributed by atoms with Crippen LogP contribution in [0.15, 0.2) is 36.4 Å². The largest absolute Gasteiger partial charge is 0.483 e. The van der Waals surface area contributed by atoms with Gasteiger partial charge in [-0.3, -0.25) is 4.79 Å². The lowest BCUT2D eigenvalue weighted by atomic mass is 9.97. The van der Waals surface area contributed by atoms with Crippen LogP contribution in [0, 0.1) is 6.92 Å². The van der Waals surface area contributed by atoms with Crippen LogP contribution in [0.1, 0.15) is 62.6 Å². The summed E-state index contributed by atoms with van der Waals surface area (Å²) >= 11 is 6.23. The highest BCUT2D eigenvalue weighted by molar-refractivity contribution is 6.31. The summed E-state index contributed by atoms with van der Waals surface area (Å²) in [5.41, 5.74) is 3.95. The van der Waals surface area contributed by atoms with Gasteiger partial charge in [0.25, 0.3) is 5.91 Å². The lowest BCUT2D eigenvalue weighted by Gasteiger charge is -2.17. The van der Waals surface area contributed by atoms with Gasteiger partial charge >= 0.3 is 0 Å². The van der Waals surface area contributed by atoms with E-state index in [2.05, 4.69) is 39.1 Å². The van der Waals surface area contributed by atoms with Crippen molar-refractivity contribution < 1.29 is 9.53 Å². The Morgan fingerprint density at radius 2 is 1.85 bits per heavy atom. The molecule has 0 bridgehead atoms. The first kappa shape index (κ1) is 20.3. The number of hydrogen-bond acceptors (Lipinski definition) is 2. The molecule has 0 radical (unpaired) electrons. The number of benzene rings is 2. The van der Waals surface area contributed by atoms with Gasteiger partial charge in [-0.15, -0.1) is 0 Å². The molecule has 0 saturated carbocycles. The number of amides is 1. The third-order valence-electron chi connectivity index (χ3n) is 4.65. The molecule has 0 fully saturated rings. The summed E-state index contributed by atoms with van der Waals surface area (Å²) in [5.74, 6) is 1.20. The van der Waals surface area contributed by atoms with Crippen LogP contribution in [0.5, 0.6) is 5.75 Å². The second kappa shape index (κ2) is 9.09. The Bertz CT molecular complexity index is 771. The normalized spacial score (nSPS) is 12.1. The van der Waals surface area contributed by atoms with Gasteiger partial charge in [-0.25, -0.2) is 0 Å². The van der Waals surface area contributed by atoms with Gasteiger partial charge in [0.15, 0.2) is 6.61 Å². The molecule has 0 aromatic heterocycles. The Hall–Kier alpha value is -2.00. The molecule has 2 aromatic carbocycles. The molecule has 0 unspecified atom stereocenters. The lowest BCUT2D eigenvalue weighted by Crippen LogP contribution is -2.21. The standard InChI is InChI=1S/C22H28ClNO2/c1-6-15(4)17-9-7-8-10-20(17)24-22(25)13-26-21-11-16(5)19(23)12-18(21)14(2)3/h7-12,14-15H,6,13H2,1-5H3,(H,24,25)/t15-/m1/s1. The summed E-state index contributed by atoms with van der Waals surface area (Å²) in [6, 6.07) is 11.8. The van der Waals surface area contributed by atoms with Crippen LogP contribution >= 0.6 is 11.6 Å². The highest BCUT2D eigenvalue weighted by atomic mass is 35.5. The highest BCUT2D eigenvalue weighted by Gasteiger charge is 2.14. The number of aryl methyl sites for hydroxylation is 1. The second-order valence-electron chi connectivity index (χ2n) is 7.03. The molecule has 140 valence electrons. The zero-order valence-corrected chi connectivity index (χ0v) is 17.0. The van der Waals surface area contributed by atoms with Gasteiger partial charge in [-0.1, -0.05) is 57.5 Å². The molecule has 26 heavy (non-hydrogen) atoms. The summed E-state index contributed by atoms with van der Waals surface area (Å²) in [5, 5.41) is 3.70. The van der Waals surface area contributed by atoms with Crippen molar-refractivity contribution in [1.29, 1.82) is 0 Å². The molecule has 0 aliphatic heterocycles. The first-order valence-corrected chi connectivity index (χ1v) is 9.52. The van der Waals surface area contributed by atoms with Crippen LogP contribution in [-0.4, -0.2) is 12.5 Å². The van der Waals surface area contributed by atoms with Gasteiger partial charge < -0.3 is 10.1 Å². The zero-order chi connectivity index (χ0) is 19.3. The predicted octanol–water partition coefficient (Wildman–Crippen LogP) is 6.30. The SMILES string of the molecule is CC[C@@H](C)c1ccccc1NC(=O)COc1cc(C)c(Cl)cc1C(C)C. The maximum atomic E-state index is 12.4. The fraction of sp³-hybridized carbons (Fsp3) is 0.409. The Kier molecular flexibility index (Phi) is 7.10. The van der Waals surface area contributed by atoms with Crippen LogP contribution in [0.3, 0.4) is 0 Å². The Morgan fingerprint density at radius 3 is 2.50 bits per heavy atom. The van der Waals surface area contributed by atoms with Gasteiger partial charge in [-0.2, -0.15) is 0 Å². The third kappa shape index (κ3) is 5.01. The minimum Gasteiger partial charge on any atom is -0.483 e.